The fourth-order valence-corrected chi connectivity index (χ4v) is 4.22. The predicted molar refractivity (Wildman–Crippen MR) is 80.2 cm³/mol. The molecule has 0 amide bonds. The lowest BCUT2D eigenvalue weighted by molar-refractivity contribution is -0.138. The van der Waals surface area contributed by atoms with Crippen LogP contribution in [0.1, 0.15) is 53.9 Å². The highest BCUT2D eigenvalue weighted by Crippen LogP contribution is 2.47. The molecule has 0 radical (unpaired) electrons. The lowest BCUT2D eigenvalue weighted by atomic mass is 9.63. The topological polar surface area (TPSA) is 38.5 Å². The van der Waals surface area contributed by atoms with E-state index < -0.39 is 0 Å². The van der Waals surface area contributed by atoms with E-state index in [0.29, 0.717) is 11.3 Å². The van der Waals surface area contributed by atoms with Gasteiger partial charge in [0.25, 0.3) is 0 Å². The van der Waals surface area contributed by atoms with Crippen LogP contribution in [-0.4, -0.2) is 42.3 Å². The van der Waals surface area contributed by atoms with E-state index in [1.54, 1.807) is 0 Å². The van der Waals surface area contributed by atoms with E-state index in [9.17, 15) is 0 Å². The summed E-state index contributed by atoms with van der Waals surface area (Å²) in [5.41, 5.74) is 6.88. The molecule has 2 atom stereocenters. The first-order valence-corrected chi connectivity index (χ1v) is 7.80. The molecule has 3 heteroatoms. The highest BCUT2D eigenvalue weighted by atomic mass is 16.5. The van der Waals surface area contributed by atoms with Crippen molar-refractivity contribution in [1.82, 2.24) is 4.90 Å². The lowest BCUT2D eigenvalue weighted by Crippen LogP contribution is -2.66. The monoisotopic (exact) mass is 268 g/mol. The second kappa shape index (κ2) is 5.01. The van der Waals surface area contributed by atoms with Crippen molar-refractivity contribution in [2.45, 2.75) is 65.0 Å². The highest BCUT2D eigenvalue weighted by molar-refractivity contribution is 5.03. The highest BCUT2D eigenvalue weighted by Gasteiger charge is 2.48. The van der Waals surface area contributed by atoms with Gasteiger partial charge in [-0.1, -0.05) is 20.8 Å². The summed E-state index contributed by atoms with van der Waals surface area (Å²) in [6.45, 7) is 15.2. The fraction of sp³-hybridized carbons (Fsp3) is 1.00. The zero-order chi connectivity index (χ0) is 14.3. The molecule has 0 bridgehead atoms. The van der Waals surface area contributed by atoms with Gasteiger partial charge >= 0.3 is 0 Å². The van der Waals surface area contributed by atoms with Crippen molar-refractivity contribution in [2.24, 2.45) is 17.1 Å². The first kappa shape index (κ1) is 15.3. The summed E-state index contributed by atoms with van der Waals surface area (Å²) in [4.78, 5) is 2.64. The van der Waals surface area contributed by atoms with Gasteiger partial charge in [-0.3, -0.25) is 4.90 Å². The van der Waals surface area contributed by atoms with Crippen molar-refractivity contribution in [1.29, 1.82) is 0 Å². The van der Waals surface area contributed by atoms with Gasteiger partial charge in [0.05, 0.1) is 12.2 Å². The third-order valence-corrected chi connectivity index (χ3v) is 5.42. The lowest BCUT2D eigenvalue weighted by Gasteiger charge is -2.56. The second-order valence-electron chi connectivity index (χ2n) is 8.11. The first-order chi connectivity index (χ1) is 8.71. The average Bonchev–Trinajstić information content (AvgIpc) is 2.27. The second-order valence-corrected chi connectivity index (χ2v) is 8.11. The Morgan fingerprint density at radius 1 is 1.21 bits per heavy atom. The molecule has 0 aromatic heterocycles. The van der Waals surface area contributed by atoms with Crippen LogP contribution in [0.5, 0.6) is 0 Å². The zero-order valence-electron chi connectivity index (χ0n) is 13.5. The van der Waals surface area contributed by atoms with Crippen molar-refractivity contribution in [3.63, 3.8) is 0 Å². The van der Waals surface area contributed by atoms with Crippen molar-refractivity contribution in [3.8, 4) is 0 Å². The molecular weight excluding hydrogens is 236 g/mol. The van der Waals surface area contributed by atoms with E-state index in [2.05, 4.69) is 39.5 Å². The first-order valence-electron chi connectivity index (χ1n) is 7.80. The van der Waals surface area contributed by atoms with Gasteiger partial charge in [0.2, 0.25) is 0 Å². The Bertz CT molecular complexity index is 327. The minimum absolute atomic E-state index is 0.0346. The Morgan fingerprint density at radius 3 is 2.42 bits per heavy atom. The molecule has 1 saturated heterocycles. The van der Waals surface area contributed by atoms with Gasteiger partial charge in [-0.2, -0.15) is 0 Å². The fourth-order valence-electron chi connectivity index (χ4n) is 4.22. The van der Waals surface area contributed by atoms with Crippen LogP contribution >= 0.6 is 0 Å². The van der Waals surface area contributed by atoms with Gasteiger partial charge < -0.3 is 10.5 Å². The minimum atomic E-state index is -0.0346. The quantitative estimate of drug-likeness (QED) is 0.837. The molecule has 1 saturated carbocycles. The molecule has 1 heterocycles. The van der Waals surface area contributed by atoms with Crippen LogP contribution in [0.3, 0.4) is 0 Å². The van der Waals surface area contributed by atoms with Gasteiger partial charge in [-0.25, -0.2) is 0 Å². The van der Waals surface area contributed by atoms with Gasteiger partial charge in [-0.15, -0.1) is 0 Å². The number of rotatable bonds is 2. The van der Waals surface area contributed by atoms with Gasteiger partial charge in [-0.05, 0) is 44.4 Å². The van der Waals surface area contributed by atoms with E-state index in [-0.39, 0.29) is 11.1 Å². The van der Waals surface area contributed by atoms with Crippen LogP contribution in [-0.2, 0) is 4.74 Å². The standard InChI is InChI=1S/C16H32N2O/c1-13-10-14(2,3)6-7-16(13,11-17)18-8-9-19-15(4,5)12-18/h13H,6-12,17H2,1-5H3. The maximum absolute atomic E-state index is 6.25. The van der Waals surface area contributed by atoms with E-state index in [4.69, 9.17) is 10.5 Å². The number of nitrogens with zero attached hydrogens (tertiary/aromatic N) is 1. The van der Waals surface area contributed by atoms with Gasteiger partial charge in [0.15, 0.2) is 0 Å². The number of nitrogens with two attached hydrogens (primary N) is 1. The summed E-state index contributed by atoms with van der Waals surface area (Å²) in [5, 5.41) is 0. The van der Waals surface area contributed by atoms with E-state index >= 15 is 0 Å². The van der Waals surface area contributed by atoms with Crippen molar-refractivity contribution in [3.05, 3.63) is 0 Å². The molecule has 19 heavy (non-hydrogen) atoms. The van der Waals surface area contributed by atoms with Crippen molar-refractivity contribution in [2.75, 3.05) is 26.2 Å². The molecule has 0 spiro atoms. The normalized spacial score (nSPS) is 39.2. The predicted octanol–water partition coefficient (Wildman–Crippen LogP) is 2.64. The van der Waals surface area contributed by atoms with E-state index in [1.807, 2.05) is 0 Å². The molecule has 0 aromatic rings. The molecule has 112 valence electrons. The smallest absolute Gasteiger partial charge is 0.0753 e. The SMILES string of the molecule is CC1CC(C)(C)CCC1(CN)N1CCOC(C)(C)C1. The summed E-state index contributed by atoms with van der Waals surface area (Å²) in [5.74, 6) is 0.662. The van der Waals surface area contributed by atoms with Gasteiger partial charge in [0.1, 0.15) is 0 Å². The maximum atomic E-state index is 6.25. The summed E-state index contributed by atoms with van der Waals surface area (Å²) in [6.07, 6.45) is 3.79. The Hall–Kier alpha value is -0.120. The van der Waals surface area contributed by atoms with Crippen molar-refractivity contribution < 1.29 is 4.74 Å². The molecule has 1 aliphatic heterocycles. The van der Waals surface area contributed by atoms with Gasteiger partial charge in [0, 0.05) is 25.2 Å². The molecule has 1 aliphatic carbocycles. The maximum Gasteiger partial charge on any atom is 0.0753 e. The zero-order valence-corrected chi connectivity index (χ0v) is 13.5. The molecule has 2 aliphatic rings. The van der Waals surface area contributed by atoms with E-state index in [0.717, 1.165) is 26.2 Å². The third-order valence-electron chi connectivity index (χ3n) is 5.42. The van der Waals surface area contributed by atoms with Crippen LogP contribution in [0.2, 0.25) is 0 Å². The summed E-state index contributed by atoms with van der Waals surface area (Å²) < 4.78 is 5.87. The van der Waals surface area contributed by atoms with Crippen LogP contribution in [0, 0.1) is 11.3 Å². The molecule has 2 unspecified atom stereocenters. The Morgan fingerprint density at radius 2 is 1.89 bits per heavy atom. The van der Waals surface area contributed by atoms with Crippen LogP contribution in [0.15, 0.2) is 0 Å². The molecule has 0 aromatic carbocycles. The third kappa shape index (κ3) is 2.98. The average molecular weight is 268 g/mol. The number of ether oxygens (including phenoxy) is 1. The molecular formula is C16H32N2O. The Kier molecular flexibility index (Phi) is 4.03. The summed E-state index contributed by atoms with van der Waals surface area (Å²) in [6, 6.07) is 0. The summed E-state index contributed by atoms with van der Waals surface area (Å²) in [7, 11) is 0. The van der Waals surface area contributed by atoms with Crippen LogP contribution < -0.4 is 5.73 Å². The van der Waals surface area contributed by atoms with Crippen LogP contribution in [0.25, 0.3) is 0 Å². The molecule has 2 rings (SSSR count). The minimum Gasteiger partial charge on any atom is -0.373 e. The Labute approximate surface area is 118 Å². The Balaban J connectivity index is 2.18. The van der Waals surface area contributed by atoms with Crippen molar-refractivity contribution >= 4 is 0 Å². The molecule has 3 nitrogen and oxygen atoms in total. The number of hydrogen-bond donors (Lipinski definition) is 1. The largest absolute Gasteiger partial charge is 0.373 e. The summed E-state index contributed by atoms with van der Waals surface area (Å²) >= 11 is 0. The van der Waals surface area contributed by atoms with E-state index in [1.165, 1.54) is 19.3 Å². The number of hydrogen-bond acceptors (Lipinski definition) is 3. The van der Waals surface area contributed by atoms with Crippen LogP contribution in [0.4, 0.5) is 0 Å². The number of morpholine rings is 1. The molecule has 2 N–H and O–H groups in total. The molecule has 2 fully saturated rings.